The summed E-state index contributed by atoms with van der Waals surface area (Å²) in [6.45, 7) is 2.62. The number of aromatic nitrogens is 2. The molecule has 26 heavy (non-hydrogen) atoms. The van der Waals surface area contributed by atoms with Crippen LogP contribution in [0.4, 0.5) is 13.2 Å². The first-order valence-electron chi connectivity index (χ1n) is 8.00. The molecule has 0 saturated heterocycles. The number of hydrogen-bond acceptors (Lipinski definition) is 4. The number of fused-ring (bicyclic) bond motifs is 1. The molecular weight excluding hydrogens is 345 g/mol. The number of nitrogens with zero attached hydrogens (tertiary/aromatic N) is 3. The zero-order valence-electron chi connectivity index (χ0n) is 13.8. The average Bonchev–Trinajstić information content (AvgIpc) is 3.26. The number of furan rings is 1. The monoisotopic (exact) mass is 360 g/mol. The van der Waals surface area contributed by atoms with Gasteiger partial charge in [-0.15, -0.1) is 0 Å². The van der Waals surface area contributed by atoms with Gasteiger partial charge in [-0.05, 0) is 29.8 Å². The van der Waals surface area contributed by atoms with Crippen LogP contribution in [0.1, 0.15) is 29.7 Å². The lowest BCUT2D eigenvalue weighted by atomic mass is 9.92. The Hall–Kier alpha value is -3.03. The van der Waals surface area contributed by atoms with E-state index in [-0.39, 0.29) is 11.6 Å². The highest BCUT2D eigenvalue weighted by molar-refractivity contribution is 6.00. The maximum atomic E-state index is 13.2. The van der Waals surface area contributed by atoms with Gasteiger partial charge in [0.2, 0.25) is 0 Å². The summed E-state index contributed by atoms with van der Waals surface area (Å²) in [6, 6.07) is 9.47. The number of benzene rings is 1. The topological polar surface area (TPSA) is 69.3 Å². The quantitative estimate of drug-likeness (QED) is 0.752. The summed E-state index contributed by atoms with van der Waals surface area (Å²) < 4.78 is 46.0. The number of aliphatic imine (C=N–C) groups is 1. The zero-order valence-corrected chi connectivity index (χ0v) is 13.8. The second-order valence-electron chi connectivity index (χ2n) is 6.20. The number of rotatable bonds is 2. The number of alkyl halides is 3. The molecule has 1 aromatic carbocycles. The SMILES string of the molecule is CC1CN=C(N)c2cc(-n3nc(C(F)(F)F)cc3-c3ccco3)ccc21. The van der Waals surface area contributed by atoms with Crippen molar-refractivity contribution in [2.24, 2.45) is 10.7 Å². The van der Waals surface area contributed by atoms with Crippen LogP contribution < -0.4 is 5.73 Å². The molecule has 2 aromatic heterocycles. The van der Waals surface area contributed by atoms with Gasteiger partial charge in [0, 0.05) is 24.1 Å². The minimum atomic E-state index is -4.56. The molecule has 134 valence electrons. The predicted molar refractivity (Wildman–Crippen MR) is 90.3 cm³/mol. The van der Waals surface area contributed by atoms with Gasteiger partial charge in [-0.2, -0.15) is 18.3 Å². The Kier molecular flexibility index (Phi) is 3.64. The molecule has 0 fully saturated rings. The van der Waals surface area contributed by atoms with Crippen molar-refractivity contribution in [1.29, 1.82) is 0 Å². The number of halogens is 3. The van der Waals surface area contributed by atoms with Gasteiger partial charge in [0.05, 0.1) is 12.0 Å². The van der Waals surface area contributed by atoms with Gasteiger partial charge in [0.15, 0.2) is 11.5 Å². The lowest BCUT2D eigenvalue weighted by molar-refractivity contribution is -0.141. The van der Waals surface area contributed by atoms with E-state index in [0.717, 1.165) is 17.2 Å². The lowest BCUT2D eigenvalue weighted by Gasteiger charge is -2.21. The van der Waals surface area contributed by atoms with Gasteiger partial charge in [-0.1, -0.05) is 13.0 Å². The van der Waals surface area contributed by atoms with E-state index in [2.05, 4.69) is 10.1 Å². The maximum absolute atomic E-state index is 13.2. The van der Waals surface area contributed by atoms with Crippen LogP contribution in [0.15, 0.2) is 52.1 Å². The normalized spacial score (nSPS) is 17.1. The van der Waals surface area contributed by atoms with E-state index in [1.54, 1.807) is 24.3 Å². The summed E-state index contributed by atoms with van der Waals surface area (Å²) >= 11 is 0. The first kappa shape index (κ1) is 16.4. The molecule has 1 aliphatic rings. The summed E-state index contributed by atoms with van der Waals surface area (Å²) in [5, 5.41) is 3.75. The molecule has 0 radical (unpaired) electrons. The van der Waals surface area contributed by atoms with E-state index in [4.69, 9.17) is 10.2 Å². The Bertz CT molecular complexity index is 987. The van der Waals surface area contributed by atoms with Gasteiger partial charge in [-0.3, -0.25) is 4.99 Å². The number of hydrogen-bond donors (Lipinski definition) is 1. The standard InChI is InChI=1S/C18H15F3N4O/c1-10-9-23-17(22)13-7-11(4-5-12(10)13)25-14(15-3-2-6-26-15)8-16(24-25)18(19,20)21/h2-8,10H,9H2,1H3,(H2,22,23). The molecule has 0 spiro atoms. The highest BCUT2D eigenvalue weighted by Crippen LogP contribution is 2.34. The predicted octanol–water partition coefficient (Wildman–Crippen LogP) is 3.97. The van der Waals surface area contributed by atoms with Crippen LogP contribution in [0.2, 0.25) is 0 Å². The molecule has 1 aliphatic heterocycles. The van der Waals surface area contributed by atoms with Gasteiger partial charge >= 0.3 is 6.18 Å². The fourth-order valence-corrected chi connectivity index (χ4v) is 3.06. The van der Waals surface area contributed by atoms with E-state index >= 15 is 0 Å². The zero-order chi connectivity index (χ0) is 18.5. The molecule has 0 bridgehead atoms. The van der Waals surface area contributed by atoms with Gasteiger partial charge in [-0.25, -0.2) is 4.68 Å². The minimum Gasteiger partial charge on any atom is -0.463 e. The summed E-state index contributed by atoms with van der Waals surface area (Å²) in [7, 11) is 0. The molecule has 1 atom stereocenters. The Morgan fingerprint density at radius 1 is 1.23 bits per heavy atom. The van der Waals surface area contributed by atoms with Gasteiger partial charge < -0.3 is 10.2 Å². The summed E-state index contributed by atoms with van der Waals surface area (Å²) in [4.78, 5) is 4.27. The Morgan fingerprint density at radius 3 is 2.73 bits per heavy atom. The highest BCUT2D eigenvalue weighted by atomic mass is 19.4. The molecule has 0 saturated carbocycles. The molecule has 4 rings (SSSR count). The van der Waals surface area contributed by atoms with Gasteiger partial charge in [0.1, 0.15) is 11.5 Å². The minimum absolute atomic E-state index is 0.194. The fraction of sp³-hybridized carbons (Fsp3) is 0.222. The van der Waals surface area contributed by atoms with Crippen molar-refractivity contribution in [2.75, 3.05) is 6.54 Å². The molecule has 0 aliphatic carbocycles. The third-order valence-corrected chi connectivity index (χ3v) is 4.40. The van der Waals surface area contributed by atoms with Crippen LogP contribution in [0.25, 0.3) is 17.1 Å². The van der Waals surface area contributed by atoms with Crippen molar-refractivity contribution in [1.82, 2.24) is 9.78 Å². The van der Waals surface area contributed by atoms with E-state index in [1.807, 2.05) is 13.0 Å². The molecule has 8 heteroatoms. The number of nitrogens with two attached hydrogens (primary N) is 1. The van der Waals surface area contributed by atoms with Crippen LogP contribution in [0, 0.1) is 0 Å². The summed E-state index contributed by atoms with van der Waals surface area (Å²) in [5.41, 5.74) is 7.40. The molecule has 5 nitrogen and oxygen atoms in total. The van der Waals surface area contributed by atoms with E-state index in [9.17, 15) is 13.2 Å². The van der Waals surface area contributed by atoms with Crippen molar-refractivity contribution < 1.29 is 17.6 Å². The molecule has 2 N–H and O–H groups in total. The second kappa shape index (κ2) is 5.76. The van der Waals surface area contributed by atoms with Crippen LogP contribution in [0.3, 0.4) is 0 Å². The first-order valence-corrected chi connectivity index (χ1v) is 8.00. The smallest absolute Gasteiger partial charge is 0.435 e. The van der Waals surface area contributed by atoms with Crippen LogP contribution in [-0.4, -0.2) is 22.2 Å². The maximum Gasteiger partial charge on any atom is 0.435 e. The largest absolute Gasteiger partial charge is 0.463 e. The van der Waals surface area contributed by atoms with Crippen LogP contribution >= 0.6 is 0 Å². The Labute approximate surface area is 146 Å². The van der Waals surface area contributed by atoms with Crippen LogP contribution in [-0.2, 0) is 6.18 Å². The second-order valence-corrected chi connectivity index (χ2v) is 6.20. The van der Waals surface area contributed by atoms with Gasteiger partial charge in [0.25, 0.3) is 0 Å². The van der Waals surface area contributed by atoms with Crippen molar-refractivity contribution in [3.63, 3.8) is 0 Å². The Morgan fingerprint density at radius 2 is 2.04 bits per heavy atom. The van der Waals surface area contributed by atoms with Crippen molar-refractivity contribution >= 4 is 5.84 Å². The van der Waals surface area contributed by atoms with E-state index in [0.29, 0.717) is 23.8 Å². The van der Waals surface area contributed by atoms with Crippen molar-refractivity contribution in [3.8, 4) is 17.1 Å². The lowest BCUT2D eigenvalue weighted by Crippen LogP contribution is -2.23. The van der Waals surface area contributed by atoms with Crippen molar-refractivity contribution in [2.45, 2.75) is 19.0 Å². The highest BCUT2D eigenvalue weighted by Gasteiger charge is 2.35. The molecule has 0 amide bonds. The third-order valence-electron chi connectivity index (χ3n) is 4.40. The number of amidine groups is 1. The molecule has 3 heterocycles. The third kappa shape index (κ3) is 2.67. The summed E-state index contributed by atoms with van der Waals surface area (Å²) in [5.74, 6) is 0.864. The van der Waals surface area contributed by atoms with E-state index < -0.39 is 11.9 Å². The van der Waals surface area contributed by atoms with Crippen molar-refractivity contribution in [3.05, 3.63) is 59.5 Å². The molecule has 3 aromatic rings. The molecular formula is C18H15F3N4O. The van der Waals surface area contributed by atoms with Crippen LogP contribution in [0.5, 0.6) is 0 Å². The Balaban J connectivity index is 1.90. The molecule has 1 unspecified atom stereocenters. The fourth-order valence-electron chi connectivity index (χ4n) is 3.06. The first-order chi connectivity index (χ1) is 12.3. The van der Waals surface area contributed by atoms with E-state index in [1.165, 1.54) is 10.9 Å². The summed E-state index contributed by atoms with van der Waals surface area (Å²) in [6.07, 6.45) is -3.16. The average molecular weight is 360 g/mol.